The topological polar surface area (TPSA) is 38.9 Å². The highest BCUT2D eigenvalue weighted by atomic mass is 79.9. The molecule has 2 nitrogen and oxygen atoms in total. The predicted octanol–water partition coefficient (Wildman–Crippen LogP) is 4.85. The first-order chi connectivity index (χ1) is 9.76. The molecule has 20 heavy (non-hydrogen) atoms. The number of aromatic nitrogens is 1. The van der Waals surface area contributed by atoms with Crippen molar-refractivity contribution in [3.8, 4) is 0 Å². The predicted molar refractivity (Wildman–Crippen MR) is 91.4 cm³/mol. The minimum Gasteiger partial charge on any atom is -0.329 e. The summed E-state index contributed by atoms with van der Waals surface area (Å²) in [5.74, 6) is 0. The van der Waals surface area contributed by atoms with Crippen LogP contribution in [0.25, 0.3) is 10.2 Å². The molecule has 2 aromatic carbocycles. The highest BCUT2D eigenvalue weighted by Crippen LogP contribution is 2.38. The van der Waals surface area contributed by atoms with Gasteiger partial charge in [0.1, 0.15) is 0 Å². The van der Waals surface area contributed by atoms with E-state index in [0.29, 0.717) is 6.54 Å². The molecule has 0 aliphatic heterocycles. The molecule has 1 heterocycles. The van der Waals surface area contributed by atoms with Crippen molar-refractivity contribution < 1.29 is 0 Å². The maximum Gasteiger partial charge on any atom is 0.151 e. The summed E-state index contributed by atoms with van der Waals surface area (Å²) in [6.45, 7) is 0.599. The lowest BCUT2D eigenvalue weighted by Gasteiger charge is -2.12. The van der Waals surface area contributed by atoms with Crippen molar-refractivity contribution in [3.63, 3.8) is 0 Å². The van der Waals surface area contributed by atoms with Gasteiger partial charge in [-0.1, -0.05) is 52.0 Å². The van der Waals surface area contributed by atoms with Crippen molar-refractivity contribution in [2.75, 3.05) is 6.54 Å². The fourth-order valence-corrected chi connectivity index (χ4v) is 4.51. The molecule has 1 aromatic heterocycles. The first kappa shape index (κ1) is 14.1. The molecule has 2 N–H and O–H groups in total. The Balaban J connectivity index is 1.85. The van der Waals surface area contributed by atoms with Crippen LogP contribution < -0.4 is 5.73 Å². The molecule has 5 heteroatoms. The van der Waals surface area contributed by atoms with Crippen LogP contribution in [-0.4, -0.2) is 11.5 Å². The molecular weight excluding hydrogens is 352 g/mol. The van der Waals surface area contributed by atoms with Crippen LogP contribution in [-0.2, 0) is 0 Å². The summed E-state index contributed by atoms with van der Waals surface area (Å²) in [4.78, 5) is 4.66. The third kappa shape index (κ3) is 3.06. The van der Waals surface area contributed by atoms with Gasteiger partial charge in [-0.15, -0.1) is 11.3 Å². The molecule has 0 radical (unpaired) electrons. The van der Waals surface area contributed by atoms with Crippen LogP contribution in [0, 0.1) is 0 Å². The molecule has 0 spiro atoms. The fourth-order valence-electron chi connectivity index (χ4n) is 1.95. The van der Waals surface area contributed by atoms with E-state index in [1.165, 1.54) is 10.3 Å². The van der Waals surface area contributed by atoms with Gasteiger partial charge in [-0.2, -0.15) is 0 Å². The van der Waals surface area contributed by atoms with Crippen LogP contribution >= 0.6 is 39.0 Å². The van der Waals surface area contributed by atoms with Crippen molar-refractivity contribution in [1.29, 1.82) is 0 Å². The number of fused-ring (bicyclic) bond motifs is 1. The number of nitrogens with zero attached hydrogens (tertiary/aromatic N) is 1. The van der Waals surface area contributed by atoms with E-state index in [0.717, 1.165) is 14.3 Å². The number of hydrogen-bond acceptors (Lipinski definition) is 4. The zero-order valence-corrected chi connectivity index (χ0v) is 13.8. The van der Waals surface area contributed by atoms with Gasteiger partial charge in [-0.25, -0.2) is 4.98 Å². The Morgan fingerprint density at radius 1 is 1.15 bits per heavy atom. The van der Waals surface area contributed by atoms with Gasteiger partial charge in [0, 0.05) is 16.3 Å². The number of para-hydroxylation sites is 1. The normalized spacial score (nSPS) is 12.7. The van der Waals surface area contributed by atoms with E-state index >= 15 is 0 Å². The average Bonchev–Trinajstić information content (AvgIpc) is 2.88. The van der Waals surface area contributed by atoms with E-state index in [9.17, 15) is 0 Å². The zero-order valence-electron chi connectivity index (χ0n) is 10.6. The number of hydrogen-bond donors (Lipinski definition) is 1. The highest BCUT2D eigenvalue weighted by molar-refractivity contribution is 9.10. The van der Waals surface area contributed by atoms with E-state index in [-0.39, 0.29) is 5.25 Å². The Morgan fingerprint density at radius 2 is 1.90 bits per heavy atom. The van der Waals surface area contributed by atoms with Crippen LogP contribution in [0.15, 0.2) is 57.3 Å². The molecule has 0 aliphatic rings. The van der Waals surface area contributed by atoms with Crippen LogP contribution in [0.4, 0.5) is 0 Å². The summed E-state index contributed by atoms with van der Waals surface area (Å²) in [5, 5.41) is 0.240. The average molecular weight is 365 g/mol. The first-order valence-corrected chi connectivity index (χ1v) is 8.73. The largest absolute Gasteiger partial charge is 0.329 e. The van der Waals surface area contributed by atoms with Gasteiger partial charge in [-0.3, -0.25) is 0 Å². The Morgan fingerprint density at radius 3 is 2.60 bits per heavy atom. The van der Waals surface area contributed by atoms with E-state index in [2.05, 4.69) is 51.2 Å². The molecule has 0 saturated carbocycles. The molecule has 0 fully saturated rings. The molecule has 1 atom stereocenters. The summed E-state index contributed by atoms with van der Waals surface area (Å²) in [7, 11) is 0. The van der Waals surface area contributed by atoms with Crippen molar-refractivity contribution in [3.05, 3.63) is 58.6 Å². The number of rotatable bonds is 4. The summed E-state index contributed by atoms with van der Waals surface area (Å²) < 4.78 is 3.38. The second-order valence-corrected chi connectivity index (χ2v) is 7.74. The van der Waals surface area contributed by atoms with Crippen molar-refractivity contribution >= 4 is 49.2 Å². The Bertz CT molecular complexity index is 676. The van der Waals surface area contributed by atoms with Crippen LogP contribution in [0.5, 0.6) is 0 Å². The molecule has 102 valence electrons. The minimum atomic E-state index is 0.240. The maximum atomic E-state index is 5.93. The number of thioether (sulfide) groups is 1. The van der Waals surface area contributed by atoms with Crippen molar-refractivity contribution in [2.24, 2.45) is 5.73 Å². The van der Waals surface area contributed by atoms with Crippen LogP contribution in [0.2, 0.25) is 0 Å². The maximum absolute atomic E-state index is 5.93. The van der Waals surface area contributed by atoms with Crippen molar-refractivity contribution in [2.45, 2.75) is 9.59 Å². The lowest BCUT2D eigenvalue weighted by molar-refractivity contribution is 0.939. The van der Waals surface area contributed by atoms with Gasteiger partial charge in [-0.05, 0) is 29.8 Å². The first-order valence-electron chi connectivity index (χ1n) is 6.24. The van der Waals surface area contributed by atoms with Crippen LogP contribution in [0.1, 0.15) is 10.8 Å². The lowest BCUT2D eigenvalue weighted by atomic mass is 10.1. The second-order valence-electron chi connectivity index (χ2n) is 4.34. The highest BCUT2D eigenvalue weighted by Gasteiger charge is 2.14. The van der Waals surface area contributed by atoms with Gasteiger partial charge < -0.3 is 5.73 Å². The number of halogens is 1. The Kier molecular flexibility index (Phi) is 4.41. The molecule has 1 unspecified atom stereocenters. The number of nitrogens with two attached hydrogens (primary N) is 1. The third-order valence-corrected chi connectivity index (χ3v) is 5.91. The van der Waals surface area contributed by atoms with Gasteiger partial charge >= 0.3 is 0 Å². The summed E-state index contributed by atoms with van der Waals surface area (Å²) in [6, 6.07) is 16.6. The molecule has 0 bridgehead atoms. The molecule has 3 rings (SSSR count). The van der Waals surface area contributed by atoms with Gasteiger partial charge in [0.15, 0.2) is 4.34 Å². The van der Waals surface area contributed by atoms with Crippen LogP contribution in [0.3, 0.4) is 0 Å². The monoisotopic (exact) mass is 364 g/mol. The van der Waals surface area contributed by atoms with Gasteiger partial charge in [0.2, 0.25) is 0 Å². The van der Waals surface area contributed by atoms with E-state index in [1.54, 1.807) is 23.1 Å². The zero-order chi connectivity index (χ0) is 13.9. The third-order valence-electron chi connectivity index (χ3n) is 2.97. The minimum absolute atomic E-state index is 0.240. The fraction of sp³-hybridized carbons (Fsp3) is 0.133. The molecule has 0 saturated heterocycles. The van der Waals surface area contributed by atoms with E-state index in [1.807, 2.05) is 18.2 Å². The number of benzene rings is 2. The smallest absolute Gasteiger partial charge is 0.151 e. The number of thiazole rings is 1. The SMILES string of the molecule is NCC(Sc1nc2ccccc2s1)c1ccc(Br)cc1. The summed E-state index contributed by atoms with van der Waals surface area (Å²) in [6.07, 6.45) is 0. The lowest BCUT2D eigenvalue weighted by Crippen LogP contribution is -2.09. The van der Waals surface area contributed by atoms with Gasteiger partial charge in [0.05, 0.1) is 10.2 Å². The summed E-state index contributed by atoms with van der Waals surface area (Å²) >= 11 is 6.92. The van der Waals surface area contributed by atoms with E-state index < -0.39 is 0 Å². The van der Waals surface area contributed by atoms with E-state index in [4.69, 9.17) is 5.73 Å². The Hall–Kier alpha value is -0.880. The Labute approximate surface area is 134 Å². The molecular formula is C15H13BrN2S2. The molecule has 0 amide bonds. The van der Waals surface area contributed by atoms with Crippen molar-refractivity contribution in [1.82, 2.24) is 4.98 Å². The standard InChI is InChI=1S/C15H13BrN2S2/c16-11-7-5-10(6-8-11)14(9-17)20-15-18-12-3-1-2-4-13(12)19-15/h1-8,14H,9,17H2. The molecule has 3 aromatic rings. The quantitative estimate of drug-likeness (QED) is 0.672. The summed E-state index contributed by atoms with van der Waals surface area (Å²) in [5.41, 5.74) is 8.23. The van der Waals surface area contributed by atoms with Gasteiger partial charge in [0.25, 0.3) is 0 Å². The second kappa shape index (κ2) is 6.26. The molecule has 0 aliphatic carbocycles.